The van der Waals surface area contributed by atoms with Crippen LogP contribution in [0.5, 0.6) is 0 Å². The van der Waals surface area contributed by atoms with Gasteiger partial charge >= 0.3 is 113 Å². The normalized spacial score (nSPS) is 12.0. The maximum absolute atomic E-state index is 6.50. The van der Waals surface area contributed by atoms with E-state index in [0.717, 1.165) is 61.1 Å². The molecule has 3 heterocycles. The monoisotopic (exact) mass is 911 g/mol. The van der Waals surface area contributed by atoms with Crippen LogP contribution in [0.15, 0.2) is 126 Å². The molecule has 0 saturated heterocycles. The summed E-state index contributed by atoms with van der Waals surface area (Å²) in [5.41, 5.74) is 11.7. The first-order valence-electron chi connectivity index (χ1n) is 17.4. The molecule has 5 heteroatoms. The van der Waals surface area contributed by atoms with Crippen LogP contribution in [-0.4, -0.2) is 13.3 Å². The molecule has 0 aliphatic carbocycles. The van der Waals surface area contributed by atoms with Crippen LogP contribution in [0.3, 0.4) is 0 Å². The Balaban J connectivity index is 0.000000226. The van der Waals surface area contributed by atoms with Gasteiger partial charge in [-0.05, 0) is 35.1 Å². The molecule has 0 N–H and O–H groups in total. The van der Waals surface area contributed by atoms with Crippen LogP contribution >= 0.6 is 0 Å². The summed E-state index contributed by atoms with van der Waals surface area (Å²) in [6, 6.07) is 38.0. The van der Waals surface area contributed by atoms with Crippen LogP contribution in [0.2, 0.25) is 17.3 Å². The standard InChI is InChI=1S/C30H28NO.C16H20GeN.Ir/c1-19(2)21(4)23-15-16-31(5)27(17-23)29-20(3)11-13-26-25-14-12-24(18-28(25)32-30(26)29)22-9-7-6-8-10-22;1-13-8-6-7-9-15(13)16-11-10-14(12-18(16)5)17(2,3)4;/h6-19,21H,3,5H2,1-2,4H3;6-12H,1,5H2,2-4H3;/q2*-1;. The van der Waals surface area contributed by atoms with Crippen molar-refractivity contribution in [3.05, 3.63) is 166 Å². The molecule has 0 aliphatic heterocycles. The maximum Gasteiger partial charge on any atom is 0 e. The zero-order chi connectivity index (χ0) is 35.7. The minimum absolute atomic E-state index is 0. The number of aromatic nitrogens is 2. The van der Waals surface area contributed by atoms with Crippen molar-refractivity contribution in [2.45, 2.75) is 44.0 Å². The molecule has 1 unspecified atom stereocenters. The number of hydrogen-bond donors (Lipinski definition) is 0. The third-order valence-corrected chi connectivity index (χ3v) is 14.1. The van der Waals surface area contributed by atoms with Gasteiger partial charge in [-0.15, -0.1) is 6.07 Å². The molecule has 1 radical (unpaired) electrons. The molecule has 4 aromatic carbocycles. The molecule has 0 aliphatic rings. The van der Waals surface area contributed by atoms with Gasteiger partial charge in [-0.25, -0.2) is 0 Å². The fourth-order valence-corrected chi connectivity index (χ4v) is 8.77. The third kappa shape index (κ3) is 7.94. The van der Waals surface area contributed by atoms with Crippen molar-refractivity contribution in [2.24, 2.45) is 5.92 Å². The van der Waals surface area contributed by atoms with Crippen molar-refractivity contribution in [3.8, 4) is 33.6 Å². The van der Waals surface area contributed by atoms with E-state index >= 15 is 0 Å². The predicted molar refractivity (Wildman–Crippen MR) is 214 cm³/mol. The molecular formula is C46H48GeIrN2O-2. The number of fused-ring (bicyclic) bond motifs is 3. The van der Waals surface area contributed by atoms with E-state index in [1.165, 1.54) is 15.5 Å². The molecule has 1 atom stereocenters. The van der Waals surface area contributed by atoms with E-state index in [2.05, 4.69) is 157 Å². The smallest absolute Gasteiger partial charge is 0 e. The van der Waals surface area contributed by atoms with Crippen molar-refractivity contribution in [2.75, 3.05) is 0 Å². The quantitative estimate of drug-likeness (QED) is 0.0925. The number of pyridine rings is 2. The molecule has 0 saturated carbocycles. The fourth-order valence-electron chi connectivity index (χ4n) is 6.40. The summed E-state index contributed by atoms with van der Waals surface area (Å²) in [6.07, 6.45) is 4.22. The summed E-state index contributed by atoms with van der Waals surface area (Å²) >= 11 is -1.78. The second-order valence-electron chi connectivity index (χ2n) is 14.7. The van der Waals surface area contributed by atoms with E-state index in [0.29, 0.717) is 11.8 Å². The Morgan fingerprint density at radius 3 is 2.00 bits per heavy atom. The number of benzene rings is 4. The van der Waals surface area contributed by atoms with E-state index in [1.807, 2.05) is 39.6 Å². The van der Waals surface area contributed by atoms with Crippen LogP contribution in [0, 0.1) is 33.9 Å². The van der Waals surface area contributed by atoms with Gasteiger partial charge in [0.2, 0.25) is 0 Å². The van der Waals surface area contributed by atoms with Gasteiger partial charge < -0.3 is 8.98 Å². The molecular weight excluding hydrogens is 861 g/mol. The van der Waals surface area contributed by atoms with E-state index in [4.69, 9.17) is 4.42 Å². The van der Waals surface area contributed by atoms with Crippen molar-refractivity contribution >= 4 is 39.6 Å². The Hall–Kier alpha value is -4.35. The second-order valence-corrected chi connectivity index (χ2v) is 25.3. The molecule has 7 aromatic rings. The zero-order valence-electron chi connectivity index (χ0n) is 30.7. The fraction of sp³-hybridized carbons (Fsp3) is 0.174. The van der Waals surface area contributed by atoms with Gasteiger partial charge in [-0.1, -0.05) is 80.4 Å². The Morgan fingerprint density at radius 2 is 1.33 bits per heavy atom. The summed E-state index contributed by atoms with van der Waals surface area (Å²) in [6.45, 7) is 15.2. The average molecular weight is 910 g/mol. The SMILES string of the molecule is [CH2-]c1ccc2c(oc3cc(-c4ccccc4)ccc32)c1-c1cc(C(C)C(C)C)cc[n+]1[CH2-].[CH2-]c1ccccc1-c1cc[c]([Ge]([CH3])([CH3])[CH3])c[n+]1[CH2-].[Ir]. The first-order chi connectivity index (χ1) is 23.8. The molecule has 263 valence electrons. The number of furan rings is 1. The molecule has 0 spiro atoms. The minimum atomic E-state index is -1.78. The van der Waals surface area contributed by atoms with E-state index in [1.54, 1.807) is 0 Å². The van der Waals surface area contributed by atoms with Crippen LogP contribution in [0.4, 0.5) is 0 Å². The Bertz CT molecular complexity index is 2300. The summed E-state index contributed by atoms with van der Waals surface area (Å²) in [4.78, 5) is 0. The Morgan fingerprint density at radius 1 is 0.647 bits per heavy atom. The molecule has 0 amide bonds. The zero-order valence-corrected chi connectivity index (χ0v) is 35.2. The number of rotatable bonds is 6. The summed E-state index contributed by atoms with van der Waals surface area (Å²) in [5.74, 6) is 8.19. The van der Waals surface area contributed by atoms with Gasteiger partial charge in [0.25, 0.3) is 0 Å². The van der Waals surface area contributed by atoms with Crippen molar-refractivity contribution < 1.29 is 33.7 Å². The van der Waals surface area contributed by atoms with Crippen LogP contribution in [-0.2, 0) is 20.1 Å². The topological polar surface area (TPSA) is 20.9 Å². The second kappa shape index (κ2) is 15.5. The first-order valence-corrected chi connectivity index (χ1v) is 24.7. The summed E-state index contributed by atoms with van der Waals surface area (Å²) in [7, 11) is 8.38. The molecule has 7 rings (SSSR count). The molecule has 51 heavy (non-hydrogen) atoms. The van der Waals surface area contributed by atoms with Crippen molar-refractivity contribution in [1.29, 1.82) is 0 Å². The van der Waals surface area contributed by atoms with Gasteiger partial charge in [0.1, 0.15) is 5.58 Å². The van der Waals surface area contributed by atoms with E-state index in [-0.39, 0.29) is 20.1 Å². The van der Waals surface area contributed by atoms with Gasteiger partial charge in [-0.3, -0.25) is 0 Å². The van der Waals surface area contributed by atoms with Gasteiger partial charge in [0.15, 0.2) is 0 Å². The van der Waals surface area contributed by atoms with E-state index in [9.17, 15) is 0 Å². The van der Waals surface area contributed by atoms with Gasteiger partial charge in [0.05, 0.1) is 17.5 Å². The third-order valence-electron chi connectivity index (χ3n) is 9.86. The van der Waals surface area contributed by atoms with Crippen molar-refractivity contribution in [1.82, 2.24) is 0 Å². The molecule has 0 bridgehead atoms. The first kappa shape index (κ1) is 37.9. The van der Waals surface area contributed by atoms with Crippen molar-refractivity contribution in [3.63, 3.8) is 0 Å². The van der Waals surface area contributed by atoms with E-state index < -0.39 is 13.3 Å². The molecule has 3 nitrogen and oxygen atoms in total. The number of nitrogens with zero attached hydrogens (tertiary/aromatic N) is 2. The molecule has 0 fully saturated rings. The molecule has 3 aromatic heterocycles. The maximum atomic E-state index is 6.50. The predicted octanol–water partition coefficient (Wildman–Crippen LogP) is 10.8. The Labute approximate surface area is 321 Å². The van der Waals surface area contributed by atoms with Gasteiger partial charge in [-0.2, -0.15) is 18.6 Å². The summed E-state index contributed by atoms with van der Waals surface area (Å²) in [5, 5.41) is 2.22. The van der Waals surface area contributed by atoms with Gasteiger partial charge in [0, 0.05) is 37.9 Å². The average Bonchev–Trinajstić information content (AvgIpc) is 3.47. The minimum Gasteiger partial charge on any atom is 0 e. The number of hydrogen-bond acceptors (Lipinski definition) is 1. The van der Waals surface area contributed by atoms with Crippen LogP contribution in [0.1, 0.15) is 43.4 Å². The summed E-state index contributed by atoms with van der Waals surface area (Å²) < 4.78 is 11.9. The van der Waals surface area contributed by atoms with Crippen LogP contribution < -0.4 is 13.5 Å². The Kier molecular flexibility index (Phi) is 11.5. The van der Waals surface area contributed by atoms with Crippen LogP contribution in [0.25, 0.3) is 55.6 Å². The largest absolute Gasteiger partial charge is 0 e.